The summed E-state index contributed by atoms with van der Waals surface area (Å²) in [7, 11) is 0. The fourth-order valence-corrected chi connectivity index (χ4v) is 3.42. The van der Waals surface area contributed by atoms with Crippen molar-refractivity contribution in [3.8, 4) is 0 Å². The van der Waals surface area contributed by atoms with Crippen LogP contribution in [0.15, 0.2) is 11.6 Å². The van der Waals surface area contributed by atoms with Crippen LogP contribution in [0.25, 0.3) is 0 Å². The van der Waals surface area contributed by atoms with Gasteiger partial charge in [-0.3, -0.25) is 4.79 Å². The van der Waals surface area contributed by atoms with Gasteiger partial charge in [-0.05, 0) is 65.2 Å². The third-order valence-corrected chi connectivity index (χ3v) is 5.39. The van der Waals surface area contributed by atoms with Crippen LogP contribution in [0.3, 0.4) is 0 Å². The van der Waals surface area contributed by atoms with Crippen molar-refractivity contribution < 1.29 is 19.1 Å². The zero-order valence-electron chi connectivity index (χ0n) is 14.9. The maximum atomic E-state index is 11.9. The van der Waals surface area contributed by atoms with Crippen LogP contribution in [0.5, 0.6) is 0 Å². The lowest BCUT2D eigenvalue weighted by atomic mass is 9.73. The first-order valence-corrected chi connectivity index (χ1v) is 8.88. The van der Waals surface area contributed by atoms with E-state index in [4.69, 9.17) is 9.47 Å². The summed E-state index contributed by atoms with van der Waals surface area (Å²) in [6.07, 6.45) is 8.92. The molecule has 0 aliphatic heterocycles. The van der Waals surface area contributed by atoms with Crippen LogP contribution in [0.2, 0.25) is 0 Å². The predicted octanol–water partition coefficient (Wildman–Crippen LogP) is 4.03. The molecule has 0 heterocycles. The number of hydrogen-bond donors (Lipinski definition) is 0. The van der Waals surface area contributed by atoms with E-state index >= 15 is 0 Å². The first kappa shape index (κ1) is 18.0. The van der Waals surface area contributed by atoms with Crippen LogP contribution in [0, 0.1) is 17.3 Å². The Morgan fingerprint density at radius 2 is 2.13 bits per heavy atom. The molecular weight excluding hydrogens is 292 g/mol. The number of esters is 2. The molecule has 2 bridgehead atoms. The van der Waals surface area contributed by atoms with E-state index in [9.17, 15) is 9.59 Å². The van der Waals surface area contributed by atoms with Gasteiger partial charge >= 0.3 is 11.9 Å². The summed E-state index contributed by atoms with van der Waals surface area (Å²) < 4.78 is 10.6. The Bertz CT molecular complexity index is 478. The number of allylic oxidation sites excluding steroid dienone is 1. The lowest BCUT2D eigenvalue weighted by Crippen LogP contribution is -2.32. The summed E-state index contributed by atoms with van der Waals surface area (Å²) >= 11 is 0. The van der Waals surface area contributed by atoms with Gasteiger partial charge in [-0.25, -0.2) is 4.79 Å². The van der Waals surface area contributed by atoms with Gasteiger partial charge in [-0.1, -0.05) is 18.6 Å². The minimum absolute atomic E-state index is 0.156. The zero-order chi connectivity index (χ0) is 17.0. The second-order valence-corrected chi connectivity index (χ2v) is 7.70. The van der Waals surface area contributed by atoms with Crippen molar-refractivity contribution in [3.63, 3.8) is 0 Å². The Morgan fingerprint density at radius 1 is 1.39 bits per heavy atom. The summed E-state index contributed by atoms with van der Waals surface area (Å²) in [5.41, 5.74) is 0.966. The van der Waals surface area contributed by atoms with Gasteiger partial charge in [0.2, 0.25) is 0 Å². The molecule has 130 valence electrons. The topological polar surface area (TPSA) is 52.6 Å². The summed E-state index contributed by atoms with van der Waals surface area (Å²) in [5, 5.41) is 0. The van der Waals surface area contributed by atoms with Gasteiger partial charge in [0.1, 0.15) is 6.10 Å². The molecule has 0 N–H and O–H groups in total. The number of rotatable bonds is 6. The Balaban J connectivity index is 1.80. The fraction of sp³-hybridized carbons (Fsp3) is 0.789. The Morgan fingerprint density at radius 3 is 2.78 bits per heavy atom. The Hall–Kier alpha value is -1.32. The fourth-order valence-electron chi connectivity index (χ4n) is 3.42. The molecule has 0 aromatic carbocycles. The van der Waals surface area contributed by atoms with E-state index in [1.165, 1.54) is 31.3 Å². The predicted molar refractivity (Wildman–Crippen MR) is 88.7 cm³/mol. The molecule has 1 fully saturated rings. The SMILES string of the molecule is CCC(C)(C)C(=O)OCC(=O)OC(C)C1C=C2CCCC(C2)C1. The van der Waals surface area contributed by atoms with Gasteiger partial charge in [0.05, 0.1) is 5.41 Å². The van der Waals surface area contributed by atoms with Gasteiger partial charge in [-0.2, -0.15) is 0 Å². The number of fused-ring (bicyclic) bond motifs is 2. The van der Waals surface area contributed by atoms with Crippen LogP contribution >= 0.6 is 0 Å². The van der Waals surface area contributed by atoms with E-state index in [1.807, 2.05) is 27.7 Å². The molecule has 1 saturated carbocycles. The van der Waals surface area contributed by atoms with Gasteiger partial charge in [0, 0.05) is 5.92 Å². The average Bonchev–Trinajstić information content (AvgIpc) is 2.52. The average molecular weight is 322 g/mol. The molecule has 4 heteroatoms. The van der Waals surface area contributed by atoms with E-state index in [-0.39, 0.29) is 18.7 Å². The Kier molecular flexibility index (Phi) is 5.88. The quantitative estimate of drug-likeness (QED) is 0.547. The minimum atomic E-state index is -0.558. The summed E-state index contributed by atoms with van der Waals surface area (Å²) in [6.45, 7) is 7.21. The number of ether oxygens (including phenoxy) is 2. The van der Waals surface area contributed by atoms with E-state index in [0.29, 0.717) is 12.3 Å². The largest absolute Gasteiger partial charge is 0.460 e. The van der Waals surface area contributed by atoms with Gasteiger partial charge < -0.3 is 9.47 Å². The van der Waals surface area contributed by atoms with Crippen molar-refractivity contribution in [2.24, 2.45) is 17.3 Å². The van der Waals surface area contributed by atoms with Gasteiger partial charge in [0.25, 0.3) is 0 Å². The normalized spacial score (nSPS) is 25.3. The maximum absolute atomic E-state index is 11.9. The highest BCUT2D eigenvalue weighted by molar-refractivity contribution is 5.79. The third kappa shape index (κ3) is 4.82. The van der Waals surface area contributed by atoms with Gasteiger partial charge in [-0.15, -0.1) is 0 Å². The highest BCUT2D eigenvalue weighted by Gasteiger charge is 2.31. The van der Waals surface area contributed by atoms with Crippen molar-refractivity contribution in [2.75, 3.05) is 6.61 Å². The number of carbonyl (C=O) groups is 2. The van der Waals surface area contributed by atoms with Crippen LogP contribution < -0.4 is 0 Å². The molecule has 0 amide bonds. The smallest absolute Gasteiger partial charge is 0.344 e. The maximum Gasteiger partial charge on any atom is 0.344 e. The van der Waals surface area contributed by atoms with Crippen molar-refractivity contribution in [1.82, 2.24) is 0 Å². The van der Waals surface area contributed by atoms with E-state index < -0.39 is 11.4 Å². The van der Waals surface area contributed by atoms with Crippen molar-refractivity contribution in [1.29, 1.82) is 0 Å². The van der Waals surface area contributed by atoms with Crippen molar-refractivity contribution >= 4 is 11.9 Å². The third-order valence-electron chi connectivity index (χ3n) is 5.39. The molecule has 3 atom stereocenters. The number of hydrogen-bond acceptors (Lipinski definition) is 4. The van der Waals surface area contributed by atoms with Crippen LogP contribution in [-0.4, -0.2) is 24.6 Å². The molecule has 0 spiro atoms. The van der Waals surface area contributed by atoms with Crippen molar-refractivity contribution in [2.45, 2.75) is 72.3 Å². The summed E-state index contributed by atoms with van der Waals surface area (Å²) in [4.78, 5) is 23.8. The molecule has 2 aliphatic rings. The molecule has 4 nitrogen and oxygen atoms in total. The van der Waals surface area contributed by atoms with E-state index in [1.54, 1.807) is 0 Å². The first-order chi connectivity index (χ1) is 10.8. The zero-order valence-corrected chi connectivity index (χ0v) is 14.9. The Labute approximate surface area is 139 Å². The lowest BCUT2D eigenvalue weighted by molar-refractivity contribution is -0.168. The second kappa shape index (κ2) is 7.50. The molecule has 0 aromatic rings. The van der Waals surface area contributed by atoms with Gasteiger partial charge in [0.15, 0.2) is 6.61 Å². The molecule has 0 saturated heterocycles. The molecule has 2 rings (SSSR count). The molecule has 0 radical (unpaired) electrons. The molecule has 23 heavy (non-hydrogen) atoms. The van der Waals surface area contributed by atoms with E-state index in [0.717, 1.165) is 12.3 Å². The lowest BCUT2D eigenvalue weighted by Gasteiger charge is -2.35. The molecule has 3 unspecified atom stereocenters. The minimum Gasteiger partial charge on any atom is -0.460 e. The second-order valence-electron chi connectivity index (χ2n) is 7.70. The molecule has 2 aliphatic carbocycles. The standard InChI is InChI=1S/C19H30O4/c1-5-19(3,4)18(21)22-12-17(20)23-13(2)16-10-14-7-6-8-15(9-14)11-16/h10,13,15-16H,5-9,11-12H2,1-4H3. The summed E-state index contributed by atoms with van der Waals surface area (Å²) in [6, 6.07) is 0. The monoisotopic (exact) mass is 322 g/mol. The van der Waals surface area contributed by atoms with Crippen LogP contribution in [0.4, 0.5) is 0 Å². The first-order valence-electron chi connectivity index (χ1n) is 8.88. The molecule has 0 aromatic heterocycles. The highest BCUT2D eigenvalue weighted by Crippen LogP contribution is 2.39. The van der Waals surface area contributed by atoms with Crippen molar-refractivity contribution in [3.05, 3.63) is 11.6 Å². The van der Waals surface area contributed by atoms with Crippen LogP contribution in [0.1, 0.15) is 66.2 Å². The highest BCUT2D eigenvalue weighted by atomic mass is 16.6. The number of carbonyl (C=O) groups excluding carboxylic acids is 2. The van der Waals surface area contributed by atoms with Crippen LogP contribution in [-0.2, 0) is 19.1 Å². The molecular formula is C19H30O4. The summed E-state index contributed by atoms with van der Waals surface area (Å²) in [5.74, 6) is 0.250. The van der Waals surface area contributed by atoms with E-state index in [2.05, 4.69) is 6.08 Å².